The van der Waals surface area contributed by atoms with E-state index in [4.69, 9.17) is 4.74 Å². The van der Waals surface area contributed by atoms with Gasteiger partial charge in [-0.05, 0) is 23.8 Å². The number of fused-ring (bicyclic) bond motifs is 1. The van der Waals surface area contributed by atoms with Crippen molar-refractivity contribution in [3.05, 3.63) is 64.1 Å². The van der Waals surface area contributed by atoms with E-state index in [0.29, 0.717) is 12.2 Å². The highest BCUT2D eigenvalue weighted by atomic mass is 79.9. The fraction of sp³-hybridized carbons (Fsp3) is 0.235. The van der Waals surface area contributed by atoms with E-state index in [1.54, 1.807) is 18.2 Å². The Bertz CT molecular complexity index is 866. The van der Waals surface area contributed by atoms with Gasteiger partial charge in [0.2, 0.25) is 5.91 Å². The van der Waals surface area contributed by atoms with Crippen molar-refractivity contribution >= 4 is 31.7 Å². The van der Waals surface area contributed by atoms with E-state index < -0.39 is 21.5 Å². The Labute approximate surface area is 149 Å². The smallest absolute Gasteiger partial charge is 0.235 e. The first-order valence-corrected chi connectivity index (χ1v) is 10.0. The fourth-order valence-electron chi connectivity index (χ4n) is 2.65. The Morgan fingerprint density at radius 3 is 2.79 bits per heavy atom. The van der Waals surface area contributed by atoms with Crippen LogP contribution in [0.5, 0.6) is 5.75 Å². The van der Waals surface area contributed by atoms with Gasteiger partial charge in [-0.15, -0.1) is 0 Å². The standard InChI is InChI=1S/C17H16BrNO4S/c18-13-5-3-4-12(8-13)10-24(21,22)11-17(20)19-15-9-23-16-7-2-1-6-14(15)16/h1-8,15H,9-11H2,(H,19,20). The third-order valence-electron chi connectivity index (χ3n) is 3.66. The molecule has 0 aromatic heterocycles. The van der Waals surface area contributed by atoms with E-state index in [1.807, 2.05) is 30.3 Å². The number of hydrogen-bond acceptors (Lipinski definition) is 4. The second-order valence-electron chi connectivity index (χ2n) is 5.63. The highest BCUT2D eigenvalue weighted by Crippen LogP contribution is 2.31. The number of halogens is 1. The number of carbonyl (C=O) groups excluding carboxylic acids is 1. The second kappa shape index (κ2) is 6.94. The number of rotatable bonds is 5. The van der Waals surface area contributed by atoms with E-state index in [2.05, 4.69) is 21.2 Å². The van der Waals surface area contributed by atoms with E-state index >= 15 is 0 Å². The summed E-state index contributed by atoms with van der Waals surface area (Å²) >= 11 is 3.31. The van der Waals surface area contributed by atoms with Crippen molar-refractivity contribution in [3.63, 3.8) is 0 Å². The lowest BCUT2D eigenvalue weighted by Gasteiger charge is -2.12. The highest BCUT2D eigenvalue weighted by Gasteiger charge is 2.27. The summed E-state index contributed by atoms with van der Waals surface area (Å²) in [5.74, 6) is -0.509. The number of sulfone groups is 1. The van der Waals surface area contributed by atoms with E-state index in [-0.39, 0.29) is 11.8 Å². The lowest BCUT2D eigenvalue weighted by molar-refractivity contribution is -0.119. The summed E-state index contributed by atoms with van der Waals surface area (Å²) in [5, 5.41) is 2.74. The van der Waals surface area contributed by atoms with Crippen LogP contribution in [0.2, 0.25) is 0 Å². The number of nitrogens with one attached hydrogen (secondary N) is 1. The molecule has 1 atom stereocenters. The molecule has 1 aliphatic heterocycles. The van der Waals surface area contributed by atoms with Crippen LogP contribution < -0.4 is 10.1 Å². The molecule has 0 bridgehead atoms. The first-order valence-electron chi connectivity index (χ1n) is 7.39. The van der Waals surface area contributed by atoms with Gasteiger partial charge < -0.3 is 10.1 Å². The van der Waals surface area contributed by atoms with Crippen LogP contribution in [0, 0.1) is 0 Å². The molecule has 0 saturated heterocycles. The van der Waals surface area contributed by atoms with Crippen molar-refractivity contribution in [1.82, 2.24) is 5.32 Å². The molecule has 2 aromatic carbocycles. The van der Waals surface area contributed by atoms with Crippen molar-refractivity contribution in [2.75, 3.05) is 12.4 Å². The second-order valence-corrected chi connectivity index (χ2v) is 8.61. The molecule has 1 amide bonds. The molecule has 2 aromatic rings. The fourth-order valence-corrected chi connectivity index (χ4v) is 4.37. The van der Waals surface area contributed by atoms with Gasteiger partial charge in [-0.2, -0.15) is 0 Å². The molecule has 1 aliphatic rings. The molecule has 7 heteroatoms. The molecule has 3 rings (SSSR count). The maximum atomic E-state index is 12.2. The monoisotopic (exact) mass is 409 g/mol. The Morgan fingerprint density at radius 1 is 1.21 bits per heavy atom. The summed E-state index contributed by atoms with van der Waals surface area (Å²) in [5.41, 5.74) is 1.52. The quantitative estimate of drug-likeness (QED) is 0.823. The van der Waals surface area contributed by atoms with Gasteiger partial charge in [-0.1, -0.05) is 46.3 Å². The van der Waals surface area contributed by atoms with E-state index in [1.165, 1.54) is 0 Å². The molecular formula is C17H16BrNO4S. The normalized spacial score (nSPS) is 16.3. The molecule has 0 saturated carbocycles. The maximum absolute atomic E-state index is 12.2. The summed E-state index contributed by atoms with van der Waals surface area (Å²) in [4.78, 5) is 12.1. The molecule has 1 N–H and O–H groups in total. The minimum Gasteiger partial charge on any atom is -0.491 e. The zero-order valence-corrected chi connectivity index (χ0v) is 15.1. The van der Waals surface area contributed by atoms with Crippen LogP contribution in [-0.2, 0) is 20.4 Å². The lowest BCUT2D eigenvalue weighted by atomic mass is 10.1. The largest absolute Gasteiger partial charge is 0.491 e. The predicted molar refractivity (Wildman–Crippen MR) is 94.5 cm³/mol. The molecule has 0 spiro atoms. The summed E-state index contributed by atoms with van der Waals surface area (Å²) in [7, 11) is -3.54. The summed E-state index contributed by atoms with van der Waals surface area (Å²) in [6, 6.07) is 14.1. The van der Waals surface area contributed by atoms with Gasteiger partial charge in [-0.25, -0.2) is 8.42 Å². The van der Waals surface area contributed by atoms with Crippen LogP contribution >= 0.6 is 15.9 Å². The summed E-state index contributed by atoms with van der Waals surface area (Å²) < 4.78 is 30.8. The number of amides is 1. The number of para-hydroxylation sites is 1. The number of carbonyl (C=O) groups is 1. The third-order valence-corrected chi connectivity index (χ3v) is 5.63. The van der Waals surface area contributed by atoms with Gasteiger partial charge in [0, 0.05) is 10.0 Å². The van der Waals surface area contributed by atoms with Crippen LogP contribution in [0.4, 0.5) is 0 Å². The Hall–Kier alpha value is -1.86. The van der Waals surface area contributed by atoms with Crippen LogP contribution in [0.3, 0.4) is 0 Å². The topological polar surface area (TPSA) is 72.5 Å². The van der Waals surface area contributed by atoms with Gasteiger partial charge in [0.05, 0.1) is 11.8 Å². The third kappa shape index (κ3) is 4.15. The lowest BCUT2D eigenvalue weighted by Crippen LogP contribution is -2.34. The zero-order chi connectivity index (χ0) is 17.2. The molecule has 5 nitrogen and oxygen atoms in total. The average Bonchev–Trinajstić information content (AvgIpc) is 2.89. The van der Waals surface area contributed by atoms with Gasteiger partial charge in [0.15, 0.2) is 9.84 Å². The van der Waals surface area contributed by atoms with E-state index in [0.717, 1.165) is 15.8 Å². The number of hydrogen-bond donors (Lipinski definition) is 1. The molecule has 1 unspecified atom stereocenters. The van der Waals surface area contributed by atoms with Crippen LogP contribution in [0.1, 0.15) is 17.2 Å². The van der Waals surface area contributed by atoms with Gasteiger partial charge in [0.25, 0.3) is 0 Å². The Balaban J connectivity index is 1.62. The van der Waals surface area contributed by atoms with Crippen molar-refractivity contribution in [2.45, 2.75) is 11.8 Å². The Kier molecular flexibility index (Phi) is 4.91. The first kappa shape index (κ1) is 17.0. The van der Waals surface area contributed by atoms with Gasteiger partial charge in [-0.3, -0.25) is 4.79 Å². The molecule has 24 heavy (non-hydrogen) atoms. The zero-order valence-electron chi connectivity index (χ0n) is 12.7. The van der Waals surface area contributed by atoms with Gasteiger partial charge in [0.1, 0.15) is 18.1 Å². The molecular weight excluding hydrogens is 394 g/mol. The molecule has 0 radical (unpaired) electrons. The summed E-state index contributed by atoms with van der Waals surface area (Å²) in [6.07, 6.45) is 0. The first-order chi connectivity index (χ1) is 11.4. The highest BCUT2D eigenvalue weighted by molar-refractivity contribution is 9.10. The van der Waals surface area contributed by atoms with Crippen molar-refractivity contribution in [1.29, 1.82) is 0 Å². The van der Waals surface area contributed by atoms with Crippen LogP contribution in [-0.4, -0.2) is 26.7 Å². The predicted octanol–water partition coefficient (Wildman–Crippen LogP) is 2.61. The van der Waals surface area contributed by atoms with Crippen molar-refractivity contribution < 1.29 is 17.9 Å². The van der Waals surface area contributed by atoms with E-state index in [9.17, 15) is 13.2 Å². The minimum atomic E-state index is -3.54. The Morgan fingerprint density at radius 2 is 2.00 bits per heavy atom. The van der Waals surface area contributed by atoms with Crippen molar-refractivity contribution in [3.8, 4) is 5.75 Å². The van der Waals surface area contributed by atoms with Crippen LogP contribution in [0.25, 0.3) is 0 Å². The van der Waals surface area contributed by atoms with Gasteiger partial charge >= 0.3 is 0 Å². The average molecular weight is 410 g/mol. The minimum absolute atomic E-state index is 0.169. The SMILES string of the molecule is O=C(CS(=O)(=O)Cc1cccc(Br)c1)NC1COc2ccccc21. The molecule has 0 aliphatic carbocycles. The molecule has 0 fully saturated rings. The van der Waals surface area contributed by atoms with Crippen LogP contribution in [0.15, 0.2) is 53.0 Å². The maximum Gasteiger partial charge on any atom is 0.235 e. The molecule has 1 heterocycles. The molecule has 126 valence electrons. The number of benzene rings is 2. The van der Waals surface area contributed by atoms with Crippen molar-refractivity contribution in [2.24, 2.45) is 0 Å². The number of ether oxygens (including phenoxy) is 1. The summed E-state index contributed by atoms with van der Waals surface area (Å²) in [6.45, 7) is 0.316.